The fourth-order valence-corrected chi connectivity index (χ4v) is 2.46. The van der Waals surface area contributed by atoms with E-state index < -0.39 is 5.91 Å². The lowest BCUT2D eigenvalue weighted by atomic mass is 10.0. The Labute approximate surface area is 154 Å². The van der Waals surface area contributed by atoms with Crippen LogP contribution in [0.25, 0.3) is 0 Å². The van der Waals surface area contributed by atoms with Gasteiger partial charge in [0.05, 0.1) is 16.9 Å². The summed E-state index contributed by atoms with van der Waals surface area (Å²) in [7, 11) is 0. The van der Waals surface area contributed by atoms with Crippen LogP contribution in [0.1, 0.15) is 41.4 Å². The maximum Gasteiger partial charge on any atom is 0.291 e. The lowest BCUT2D eigenvalue weighted by Crippen LogP contribution is -2.20. The van der Waals surface area contributed by atoms with Crippen molar-refractivity contribution < 1.29 is 4.79 Å². The Kier molecular flexibility index (Phi) is 6.04. The van der Waals surface area contributed by atoms with E-state index in [0.29, 0.717) is 5.92 Å². The Hall–Kier alpha value is -1.82. The molecule has 126 valence electrons. The van der Waals surface area contributed by atoms with E-state index >= 15 is 0 Å². The van der Waals surface area contributed by atoms with Crippen molar-refractivity contribution >= 4 is 52.6 Å². The first-order valence-corrected chi connectivity index (χ1v) is 8.18. The largest absolute Gasteiger partial charge is 0.396 e. The predicted molar refractivity (Wildman–Crippen MR) is 99.3 cm³/mol. The molecule has 0 unspecified atom stereocenters. The molecular formula is C16H15Cl3N4O. The number of nitrogen functional groups attached to an aromatic ring is 1. The van der Waals surface area contributed by atoms with Crippen LogP contribution in [0.3, 0.4) is 0 Å². The van der Waals surface area contributed by atoms with Crippen LogP contribution in [0.5, 0.6) is 0 Å². The molecule has 2 rings (SSSR count). The van der Waals surface area contributed by atoms with Gasteiger partial charge in [0.2, 0.25) is 0 Å². The number of nitrogens with two attached hydrogens (primary N) is 1. The zero-order valence-corrected chi connectivity index (χ0v) is 15.2. The predicted octanol–water partition coefficient (Wildman–Crippen LogP) is 4.51. The van der Waals surface area contributed by atoms with E-state index in [4.69, 9.17) is 40.5 Å². The van der Waals surface area contributed by atoms with Gasteiger partial charge in [0.25, 0.3) is 5.91 Å². The molecule has 0 saturated carbocycles. The van der Waals surface area contributed by atoms with Crippen LogP contribution in [0.15, 0.2) is 29.4 Å². The Morgan fingerprint density at radius 1 is 1.21 bits per heavy atom. The van der Waals surface area contributed by atoms with E-state index in [9.17, 15) is 4.79 Å². The van der Waals surface area contributed by atoms with Crippen LogP contribution in [0, 0.1) is 0 Å². The molecule has 0 saturated heterocycles. The zero-order chi connectivity index (χ0) is 17.9. The summed E-state index contributed by atoms with van der Waals surface area (Å²) in [6.45, 7) is 4.23. The number of hydrogen-bond acceptors (Lipinski definition) is 4. The van der Waals surface area contributed by atoms with Crippen molar-refractivity contribution in [1.29, 1.82) is 0 Å². The van der Waals surface area contributed by atoms with Crippen molar-refractivity contribution in [1.82, 2.24) is 10.4 Å². The van der Waals surface area contributed by atoms with Gasteiger partial charge >= 0.3 is 0 Å². The highest BCUT2D eigenvalue weighted by Gasteiger charge is 2.19. The molecule has 0 aliphatic heterocycles. The number of aromatic nitrogens is 1. The first kappa shape index (κ1) is 18.5. The van der Waals surface area contributed by atoms with Gasteiger partial charge in [-0.15, -0.1) is 0 Å². The quantitative estimate of drug-likeness (QED) is 0.461. The van der Waals surface area contributed by atoms with Gasteiger partial charge in [-0.25, -0.2) is 10.4 Å². The number of anilines is 1. The molecule has 1 aromatic heterocycles. The highest BCUT2D eigenvalue weighted by molar-refractivity contribution is 6.46. The summed E-state index contributed by atoms with van der Waals surface area (Å²) >= 11 is 17.6. The Morgan fingerprint density at radius 3 is 2.42 bits per heavy atom. The fourth-order valence-electron chi connectivity index (χ4n) is 1.87. The van der Waals surface area contributed by atoms with Gasteiger partial charge in [-0.05, 0) is 17.0 Å². The van der Waals surface area contributed by atoms with Crippen molar-refractivity contribution in [2.45, 2.75) is 19.8 Å². The highest BCUT2D eigenvalue weighted by atomic mass is 35.5. The number of amides is 1. The van der Waals surface area contributed by atoms with Crippen molar-refractivity contribution in [3.63, 3.8) is 0 Å². The van der Waals surface area contributed by atoms with E-state index in [1.165, 1.54) is 11.8 Å². The number of pyridine rings is 1. The maximum absolute atomic E-state index is 12.1. The Morgan fingerprint density at radius 2 is 1.83 bits per heavy atom. The third-order valence-electron chi connectivity index (χ3n) is 3.27. The van der Waals surface area contributed by atoms with Gasteiger partial charge in [-0.3, -0.25) is 4.79 Å². The molecule has 24 heavy (non-hydrogen) atoms. The second-order valence-corrected chi connectivity index (χ2v) is 6.43. The number of carbonyl (C=O) groups is 1. The van der Waals surface area contributed by atoms with Crippen LogP contribution in [0.2, 0.25) is 15.2 Å². The minimum Gasteiger partial charge on any atom is -0.396 e. The molecule has 2 aromatic rings. The summed E-state index contributed by atoms with van der Waals surface area (Å²) in [6.07, 6.45) is 1.51. The van der Waals surface area contributed by atoms with E-state index in [2.05, 4.69) is 29.4 Å². The number of rotatable bonds is 4. The molecule has 1 aromatic carbocycles. The maximum atomic E-state index is 12.1. The summed E-state index contributed by atoms with van der Waals surface area (Å²) < 4.78 is 0. The standard InChI is InChI=1S/C16H15Cl3N4O/c1-8(2)10-5-3-9(4-6-10)7-21-23-16(24)14-11(17)13(20)12(18)15(19)22-14/h3-8H,1-2H3,(H2,20,22)(H,23,24)/b21-7+. The fraction of sp³-hybridized carbons (Fsp3) is 0.188. The second kappa shape index (κ2) is 7.83. The Bertz CT molecular complexity index is 789. The molecule has 0 radical (unpaired) electrons. The van der Waals surface area contributed by atoms with Gasteiger partial charge in [-0.2, -0.15) is 5.10 Å². The van der Waals surface area contributed by atoms with Crippen molar-refractivity contribution in [3.8, 4) is 0 Å². The van der Waals surface area contributed by atoms with Crippen LogP contribution >= 0.6 is 34.8 Å². The Balaban J connectivity index is 2.10. The molecule has 0 spiro atoms. The number of halogens is 3. The van der Waals surface area contributed by atoms with Crippen molar-refractivity contribution in [2.24, 2.45) is 5.10 Å². The van der Waals surface area contributed by atoms with Gasteiger partial charge in [0, 0.05) is 0 Å². The van der Waals surface area contributed by atoms with Crippen LogP contribution in [-0.2, 0) is 0 Å². The summed E-state index contributed by atoms with van der Waals surface area (Å²) in [5, 5.41) is 3.71. The van der Waals surface area contributed by atoms with Crippen molar-refractivity contribution in [3.05, 3.63) is 56.3 Å². The molecule has 0 fully saturated rings. The monoisotopic (exact) mass is 384 g/mol. The zero-order valence-electron chi connectivity index (χ0n) is 13.0. The minimum atomic E-state index is -0.639. The number of hydrazone groups is 1. The lowest BCUT2D eigenvalue weighted by molar-refractivity contribution is 0.0950. The third kappa shape index (κ3) is 4.17. The van der Waals surface area contributed by atoms with E-state index in [0.717, 1.165) is 5.56 Å². The lowest BCUT2D eigenvalue weighted by Gasteiger charge is -2.07. The highest BCUT2D eigenvalue weighted by Crippen LogP contribution is 2.34. The van der Waals surface area contributed by atoms with E-state index in [1.54, 1.807) is 0 Å². The van der Waals surface area contributed by atoms with Crippen LogP contribution < -0.4 is 11.2 Å². The molecule has 1 amide bonds. The number of hydrogen-bond donors (Lipinski definition) is 2. The summed E-state index contributed by atoms with van der Waals surface area (Å²) in [4.78, 5) is 15.9. The van der Waals surface area contributed by atoms with Gasteiger partial charge < -0.3 is 5.73 Å². The molecule has 0 aliphatic rings. The summed E-state index contributed by atoms with van der Waals surface area (Å²) in [6, 6.07) is 7.83. The van der Waals surface area contributed by atoms with Gasteiger partial charge in [-0.1, -0.05) is 72.9 Å². The molecular weight excluding hydrogens is 371 g/mol. The van der Waals surface area contributed by atoms with Crippen LogP contribution in [0.4, 0.5) is 5.69 Å². The second-order valence-electron chi connectivity index (χ2n) is 5.31. The summed E-state index contributed by atoms with van der Waals surface area (Å²) in [5.74, 6) is -0.190. The smallest absolute Gasteiger partial charge is 0.291 e. The third-order valence-corrected chi connectivity index (χ3v) is 4.41. The molecule has 5 nitrogen and oxygen atoms in total. The molecule has 3 N–H and O–H groups in total. The SMILES string of the molecule is CC(C)c1ccc(/C=N/NC(=O)c2nc(Cl)c(Cl)c(N)c2Cl)cc1. The average Bonchev–Trinajstić information content (AvgIpc) is 2.56. The molecule has 0 aliphatic carbocycles. The topological polar surface area (TPSA) is 80.4 Å². The first-order chi connectivity index (χ1) is 11.3. The van der Waals surface area contributed by atoms with Gasteiger partial charge in [0.15, 0.2) is 10.8 Å². The molecule has 0 atom stereocenters. The molecule has 1 heterocycles. The first-order valence-electron chi connectivity index (χ1n) is 7.04. The summed E-state index contributed by atoms with van der Waals surface area (Å²) in [5.41, 5.74) is 9.91. The number of carbonyl (C=O) groups excluding carboxylic acids is 1. The van der Waals surface area contributed by atoms with E-state index in [1.807, 2.05) is 24.3 Å². The van der Waals surface area contributed by atoms with Gasteiger partial charge in [0.1, 0.15) is 5.02 Å². The molecule has 0 bridgehead atoms. The number of nitrogens with zero attached hydrogens (tertiary/aromatic N) is 2. The van der Waals surface area contributed by atoms with Crippen LogP contribution in [-0.4, -0.2) is 17.1 Å². The minimum absolute atomic E-state index is 0.00302. The number of benzene rings is 1. The average molecular weight is 386 g/mol. The number of nitrogens with one attached hydrogen (secondary N) is 1. The normalized spacial score (nSPS) is 11.2. The van der Waals surface area contributed by atoms with Crippen molar-refractivity contribution in [2.75, 3.05) is 5.73 Å². The van der Waals surface area contributed by atoms with E-state index in [-0.39, 0.29) is 26.6 Å². The molecule has 8 heteroatoms.